The Labute approximate surface area is 146 Å². The van der Waals surface area contributed by atoms with Gasteiger partial charge in [-0.1, -0.05) is 18.2 Å². The molecule has 0 saturated carbocycles. The minimum atomic E-state index is -0.156. The summed E-state index contributed by atoms with van der Waals surface area (Å²) in [7, 11) is 0. The third kappa shape index (κ3) is 3.09. The van der Waals surface area contributed by atoms with Crippen LogP contribution in [0, 0.1) is 0 Å². The average molecular weight is 336 g/mol. The standard InChI is InChI=1S/C20H20N2O3/c1-13-11-22(12-15-4-2-3-5-19(15)25-13)20(24)21-16-7-8-17-14(10-16)6-9-18(17)23/h2-5,7-8,10,13H,6,9,11-12H2,1H3,(H,21,24)/t13-/m1/s1. The van der Waals surface area contributed by atoms with Crippen molar-refractivity contribution in [3.8, 4) is 5.75 Å². The van der Waals surface area contributed by atoms with Gasteiger partial charge in [0.2, 0.25) is 0 Å². The van der Waals surface area contributed by atoms with E-state index < -0.39 is 0 Å². The molecule has 0 spiro atoms. The van der Waals surface area contributed by atoms with E-state index in [1.54, 1.807) is 11.0 Å². The van der Waals surface area contributed by atoms with Crippen LogP contribution in [0.5, 0.6) is 5.75 Å². The number of anilines is 1. The number of carbonyl (C=O) groups excluding carboxylic acids is 2. The highest BCUT2D eigenvalue weighted by Gasteiger charge is 2.24. The molecule has 2 aromatic rings. The zero-order valence-corrected chi connectivity index (χ0v) is 14.1. The first-order valence-corrected chi connectivity index (χ1v) is 8.57. The number of ketones is 1. The first kappa shape index (κ1) is 15.7. The van der Waals surface area contributed by atoms with Gasteiger partial charge in [0.25, 0.3) is 0 Å². The SMILES string of the molecule is C[C@@H]1CN(C(=O)Nc2ccc3c(c2)CCC3=O)Cc2ccccc2O1. The topological polar surface area (TPSA) is 58.6 Å². The highest BCUT2D eigenvalue weighted by atomic mass is 16.5. The van der Waals surface area contributed by atoms with E-state index >= 15 is 0 Å². The van der Waals surface area contributed by atoms with Crippen LogP contribution in [0.1, 0.15) is 34.8 Å². The van der Waals surface area contributed by atoms with Crippen LogP contribution in [0.3, 0.4) is 0 Å². The predicted molar refractivity (Wildman–Crippen MR) is 95.1 cm³/mol. The van der Waals surface area contributed by atoms with Crippen LogP contribution in [0.25, 0.3) is 0 Å². The number of ether oxygens (including phenoxy) is 1. The Bertz CT molecular complexity index is 847. The van der Waals surface area contributed by atoms with Gasteiger partial charge < -0.3 is 15.0 Å². The number of nitrogens with one attached hydrogen (secondary N) is 1. The van der Waals surface area contributed by atoms with E-state index in [0.717, 1.165) is 34.5 Å². The van der Waals surface area contributed by atoms with Gasteiger partial charge in [0.1, 0.15) is 11.9 Å². The average Bonchev–Trinajstić information content (AvgIpc) is 2.86. The van der Waals surface area contributed by atoms with Crippen LogP contribution >= 0.6 is 0 Å². The van der Waals surface area contributed by atoms with Gasteiger partial charge in [-0.05, 0) is 43.2 Å². The summed E-state index contributed by atoms with van der Waals surface area (Å²) in [4.78, 5) is 26.2. The maximum atomic E-state index is 12.7. The van der Waals surface area contributed by atoms with E-state index in [-0.39, 0.29) is 17.9 Å². The van der Waals surface area contributed by atoms with E-state index in [1.165, 1.54) is 0 Å². The molecular formula is C20H20N2O3. The summed E-state index contributed by atoms with van der Waals surface area (Å²) >= 11 is 0. The van der Waals surface area contributed by atoms with Gasteiger partial charge in [0.05, 0.1) is 13.1 Å². The predicted octanol–water partition coefficient (Wildman–Crippen LogP) is 3.63. The van der Waals surface area contributed by atoms with Crippen LogP contribution < -0.4 is 10.1 Å². The molecule has 1 atom stereocenters. The molecule has 4 rings (SSSR count). The van der Waals surface area contributed by atoms with Crippen LogP contribution in [-0.4, -0.2) is 29.4 Å². The fourth-order valence-electron chi connectivity index (χ4n) is 3.47. The Morgan fingerprint density at radius 1 is 1.16 bits per heavy atom. The summed E-state index contributed by atoms with van der Waals surface area (Å²) in [5.41, 5.74) is 3.52. The number of aryl methyl sites for hydroxylation is 1. The van der Waals surface area contributed by atoms with Crippen molar-refractivity contribution in [2.24, 2.45) is 0 Å². The zero-order chi connectivity index (χ0) is 17.4. The molecular weight excluding hydrogens is 316 g/mol. The Morgan fingerprint density at radius 3 is 2.88 bits per heavy atom. The van der Waals surface area contributed by atoms with Gasteiger partial charge in [-0.25, -0.2) is 4.79 Å². The summed E-state index contributed by atoms with van der Waals surface area (Å²) in [6, 6.07) is 13.2. The molecule has 0 bridgehead atoms. The number of hydrogen-bond acceptors (Lipinski definition) is 3. The fraction of sp³-hybridized carbons (Fsp3) is 0.300. The summed E-state index contributed by atoms with van der Waals surface area (Å²) in [6.07, 6.45) is 1.23. The molecule has 2 aromatic carbocycles. The number of fused-ring (bicyclic) bond motifs is 2. The van der Waals surface area contributed by atoms with Crippen LogP contribution in [0.15, 0.2) is 42.5 Å². The first-order valence-electron chi connectivity index (χ1n) is 8.57. The fourth-order valence-corrected chi connectivity index (χ4v) is 3.47. The summed E-state index contributed by atoms with van der Waals surface area (Å²) in [5, 5.41) is 2.96. The van der Waals surface area contributed by atoms with Gasteiger partial charge in [-0.3, -0.25) is 4.79 Å². The number of amides is 2. The number of urea groups is 1. The zero-order valence-electron chi connectivity index (χ0n) is 14.1. The summed E-state index contributed by atoms with van der Waals surface area (Å²) in [6.45, 7) is 2.99. The molecule has 128 valence electrons. The molecule has 2 aliphatic rings. The third-order valence-corrected chi connectivity index (χ3v) is 4.70. The number of Topliss-reactive ketones (excluding diaryl/α,β-unsaturated/α-hetero) is 1. The lowest BCUT2D eigenvalue weighted by Crippen LogP contribution is -2.38. The molecule has 1 heterocycles. The number of rotatable bonds is 1. The van der Waals surface area contributed by atoms with E-state index in [2.05, 4.69) is 5.32 Å². The van der Waals surface area contributed by atoms with Gasteiger partial charge >= 0.3 is 6.03 Å². The monoisotopic (exact) mass is 336 g/mol. The van der Waals surface area contributed by atoms with Gasteiger partial charge in [0.15, 0.2) is 5.78 Å². The molecule has 0 aromatic heterocycles. The lowest BCUT2D eigenvalue weighted by atomic mass is 10.1. The number of carbonyl (C=O) groups is 2. The number of para-hydroxylation sites is 1. The van der Waals surface area contributed by atoms with Crippen molar-refractivity contribution >= 4 is 17.5 Å². The van der Waals surface area contributed by atoms with E-state index in [0.29, 0.717) is 19.5 Å². The minimum absolute atomic E-state index is 0.0768. The molecule has 1 aliphatic carbocycles. The Hall–Kier alpha value is -2.82. The molecule has 1 aliphatic heterocycles. The Kier molecular flexibility index (Phi) is 3.92. The summed E-state index contributed by atoms with van der Waals surface area (Å²) < 4.78 is 5.90. The molecule has 0 unspecified atom stereocenters. The van der Waals surface area contributed by atoms with Crippen LogP contribution in [-0.2, 0) is 13.0 Å². The lowest BCUT2D eigenvalue weighted by Gasteiger charge is -2.22. The third-order valence-electron chi connectivity index (χ3n) is 4.70. The highest BCUT2D eigenvalue weighted by molar-refractivity contribution is 6.01. The molecule has 0 radical (unpaired) electrons. The summed E-state index contributed by atoms with van der Waals surface area (Å²) in [5.74, 6) is 1.02. The number of hydrogen-bond donors (Lipinski definition) is 1. The first-order chi connectivity index (χ1) is 12.1. The van der Waals surface area contributed by atoms with Crippen LogP contribution in [0.2, 0.25) is 0 Å². The smallest absolute Gasteiger partial charge is 0.322 e. The second-order valence-electron chi connectivity index (χ2n) is 6.64. The molecule has 2 amide bonds. The van der Waals surface area contributed by atoms with Crippen molar-refractivity contribution in [3.05, 3.63) is 59.2 Å². The molecule has 5 nitrogen and oxygen atoms in total. The Morgan fingerprint density at radius 2 is 2.00 bits per heavy atom. The van der Waals surface area contributed by atoms with E-state index in [4.69, 9.17) is 4.74 Å². The van der Waals surface area contributed by atoms with Crippen molar-refractivity contribution < 1.29 is 14.3 Å². The van der Waals surface area contributed by atoms with Gasteiger partial charge in [-0.2, -0.15) is 0 Å². The molecule has 1 N–H and O–H groups in total. The largest absolute Gasteiger partial charge is 0.489 e. The van der Waals surface area contributed by atoms with E-state index in [9.17, 15) is 9.59 Å². The molecule has 0 saturated heterocycles. The second kappa shape index (κ2) is 6.24. The van der Waals surface area contributed by atoms with Crippen molar-refractivity contribution in [2.75, 3.05) is 11.9 Å². The minimum Gasteiger partial charge on any atom is -0.489 e. The maximum Gasteiger partial charge on any atom is 0.322 e. The number of benzene rings is 2. The highest BCUT2D eigenvalue weighted by Crippen LogP contribution is 2.27. The molecule has 0 fully saturated rings. The Balaban J connectivity index is 1.52. The van der Waals surface area contributed by atoms with Crippen LogP contribution in [0.4, 0.5) is 10.5 Å². The lowest BCUT2D eigenvalue weighted by molar-refractivity contribution is 0.0994. The second-order valence-corrected chi connectivity index (χ2v) is 6.64. The van der Waals surface area contributed by atoms with Crippen molar-refractivity contribution in [1.29, 1.82) is 0 Å². The molecule has 25 heavy (non-hydrogen) atoms. The normalized spacial score (nSPS) is 18.8. The van der Waals surface area contributed by atoms with Crippen molar-refractivity contribution in [3.63, 3.8) is 0 Å². The van der Waals surface area contributed by atoms with Gasteiger partial charge in [0, 0.05) is 23.2 Å². The van der Waals surface area contributed by atoms with Crippen molar-refractivity contribution in [1.82, 2.24) is 4.90 Å². The number of nitrogens with zero attached hydrogens (tertiary/aromatic N) is 1. The maximum absolute atomic E-state index is 12.7. The quantitative estimate of drug-likeness (QED) is 0.865. The molecule has 5 heteroatoms. The van der Waals surface area contributed by atoms with Crippen molar-refractivity contribution in [2.45, 2.75) is 32.4 Å². The van der Waals surface area contributed by atoms with E-state index in [1.807, 2.05) is 43.3 Å². The van der Waals surface area contributed by atoms with Gasteiger partial charge in [-0.15, -0.1) is 0 Å².